The molecule has 0 saturated heterocycles. The van der Waals surface area contributed by atoms with Crippen molar-refractivity contribution in [3.05, 3.63) is 192 Å². The van der Waals surface area contributed by atoms with Crippen LogP contribution in [0.1, 0.15) is 73.8 Å². The van der Waals surface area contributed by atoms with Gasteiger partial charge in [0.05, 0.1) is 28.0 Å². The van der Waals surface area contributed by atoms with Crippen LogP contribution in [0.5, 0.6) is 5.75 Å². The summed E-state index contributed by atoms with van der Waals surface area (Å²) >= 11 is 0. The highest BCUT2D eigenvalue weighted by atomic mass is 16.3. The Labute approximate surface area is 371 Å². The molecule has 2 aromatic heterocycles. The van der Waals surface area contributed by atoms with Crippen molar-refractivity contribution >= 4 is 11.0 Å². The second kappa shape index (κ2) is 16.1. The Bertz CT molecular complexity index is 3260. The Morgan fingerprint density at radius 3 is 2.02 bits per heavy atom. The summed E-state index contributed by atoms with van der Waals surface area (Å²) in [5, 5.41) is 11.8. The van der Waals surface area contributed by atoms with Crippen LogP contribution < -0.4 is 0 Å². The fourth-order valence-electron chi connectivity index (χ4n) is 8.49. The van der Waals surface area contributed by atoms with Gasteiger partial charge in [-0.05, 0) is 142 Å². The molecule has 0 fully saturated rings. The number of aromatic nitrogens is 3. The number of aromatic hydroxyl groups is 1. The fraction of sp³-hybridized carbons (Fsp3) is 0.172. The second-order valence-corrected chi connectivity index (χ2v) is 17.7. The third-order valence-corrected chi connectivity index (χ3v) is 11.9. The van der Waals surface area contributed by atoms with Gasteiger partial charge in [0, 0.05) is 28.4 Å². The van der Waals surface area contributed by atoms with Gasteiger partial charge < -0.3 is 5.11 Å². The second-order valence-electron chi connectivity index (χ2n) is 17.7. The molecular formula is C58H53N3O. The fourth-order valence-corrected chi connectivity index (χ4v) is 8.49. The molecule has 0 spiro atoms. The number of rotatable bonds is 8. The molecule has 9 aromatic rings. The molecule has 0 aliphatic rings. The minimum absolute atomic E-state index is 0.0736. The van der Waals surface area contributed by atoms with Gasteiger partial charge in [0.15, 0.2) is 0 Å². The maximum atomic E-state index is 11.8. The van der Waals surface area contributed by atoms with Gasteiger partial charge in [0.1, 0.15) is 11.6 Å². The Hall–Kier alpha value is -7.04. The topological polar surface area (TPSA) is 50.9 Å². The Balaban J connectivity index is 1.29. The van der Waals surface area contributed by atoms with Crippen LogP contribution in [0.4, 0.5) is 0 Å². The first-order valence-electron chi connectivity index (χ1n) is 23.2. The van der Waals surface area contributed by atoms with Crippen LogP contribution >= 0.6 is 0 Å². The molecule has 0 saturated carbocycles. The first kappa shape index (κ1) is 35.7. The minimum Gasteiger partial charge on any atom is -0.507 e. The number of hydrogen-bond acceptors (Lipinski definition) is 3. The summed E-state index contributed by atoms with van der Waals surface area (Å²) in [6.07, 6.45) is 1.85. The maximum absolute atomic E-state index is 11.8. The van der Waals surface area contributed by atoms with Crippen LogP contribution in [0.3, 0.4) is 0 Å². The van der Waals surface area contributed by atoms with E-state index in [0.29, 0.717) is 11.4 Å². The van der Waals surface area contributed by atoms with Crippen molar-refractivity contribution in [3.8, 4) is 78.6 Å². The SMILES string of the molecule is [2H]C([2H])([2H])c1ccc(-n2c(-c3cc(C)cc(C)c3O)nc3c(-c4cc(-c5ccccc5)cc(-c5cc(-c6ccc(C([2H])(C)C)cc6)ccn5)c4)cccc32)c(-c2ccc(C(C)(C)C)cc2)c1. The summed E-state index contributed by atoms with van der Waals surface area (Å²) in [5.74, 6) is -0.0316. The highest BCUT2D eigenvalue weighted by molar-refractivity contribution is 5.98. The number of para-hydroxylation sites is 1. The first-order valence-corrected chi connectivity index (χ1v) is 21.2. The van der Waals surface area contributed by atoms with E-state index in [1.54, 1.807) is 12.1 Å². The van der Waals surface area contributed by atoms with E-state index >= 15 is 0 Å². The standard InChI is InChI=1S/C58H53N3O/c1-36(2)40-18-20-42(21-19-40)44-27-28-59-52(35-44)47-33-45(41-13-10-9-11-14-41)32-46(34-47)49-15-12-16-54-55(49)60-57(51-31-38(4)29-39(5)56(51)62)61(54)53-26-17-37(3)30-50(53)43-22-24-48(25-23-43)58(6,7)8/h9-36,62H,1-8H3/i3D3,36D. The van der Waals surface area contributed by atoms with E-state index in [1.807, 2.05) is 101 Å². The third-order valence-electron chi connectivity index (χ3n) is 11.9. The zero-order valence-corrected chi connectivity index (χ0v) is 36.4. The van der Waals surface area contributed by atoms with E-state index in [-0.39, 0.29) is 16.7 Å². The summed E-state index contributed by atoms with van der Waals surface area (Å²) < 4.78 is 35.8. The van der Waals surface area contributed by atoms with Gasteiger partial charge >= 0.3 is 0 Å². The lowest BCUT2D eigenvalue weighted by Gasteiger charge is -2.20. The van der Waals surface area contributed by atoms with E-state index < -0.39 is 12.7 Å². The lowest BCUT2D eigenvalue weighted by molar-refractivity contribution is 0.472. The molecule has 0 aliphatic heterocycles. The van der Waals surface area contributed by atoms with Gasteiger partial charge in [0.2, 0.25) is 0 Å². The molecule has 4 heteroatoms. The number of phenolic OH excluding ortho intramolecular Hbond substituents is 1. The number of imidazole rings is 1. The summed E-state index contributed by atoms with van der Waals surface area (Å²) in [5.41, 5.74) is 16.1. The average Bonchev–Trinajstić information content (AvgIpc) is 3.69. The first-order chi connectivity index (χ1) is 31.3. The van der Waals surface area contributed by atoms with Crippen molar-refractivity contribution in [3.63, 3.8) is 0 Å². The average molecular weight is 812 g/mol. The van der Waals surface area contributed by atoms with E-state index in [0.717, 1.165) is 89.2 Å². The van der Waals surface area contributed by atoms with Gasteiger partial charge in [-0.1, -0.05) is 143 Å². The molecule has 0 bridgehead atoms. The van der Waals surface area contributed by atoms with Crippen molar-refractivity contribution < 1.29 is 10.6 Å². The number of aryl methyl sites for hydroxylation is 3. The molecular weight excluding hydrogens is 755 g/mol. The summed E-state index contributed by atoms with van der Waals surface area (Å²) in [7, 11) is 0. The van der Waals surface area contributed by atoms with Crippen LogP contribution in [-0.4, -0.2) is 19.6 Å². The van der Waals surface area contributed by atoms with Gasteiger partial charge in [-0.25, -0.2) is 4.98 Å². The summed E-state index contributed by atoms with van der Waals surface area (Å²) in [6, 6.07) is 52.9. The molecule has 0 atom stereocenters. The number of pyridine rings is 1. The zero-order chi connectivity index (χ0) is 46.7. The van der Waals surface area contributed by atoms with Crippen LogP contribution in [0.2, 0.25) is 0 Å². The molecule has 62 heavy (non-hydrogen) atoms. The van der Waals surface area contributed by atoms with Crippen LogP contribution in [-0.2, 0) is 5.41 Å². The molecule has 0 aliphatic carbocycles. The van der Waals surface area contributed by atoms with E-state index in [2.05, 4.69) is 104 Å². The summed E-state index contributed by atoms with van der Waals surface area (Å²) in [6.45, 7) is 11.9. The molecule has 0 unspecified atom stereocenters. The number of fused-ring (bicyclic) bond motifs is 1. The Morgan fingerprint density at radius 2 is 1.29 bits per heavy atom. The van der Waals surface area contributed by atoms with Gasteiger partial charge in [-0.3, -0.25) is 9.55 Å². The van der Waals surface area contributed by atoms with Gasteiger partial charge in [-0.2, -0.15) is 0 Å². The van der Waals surface area contributed by atoms with Crippen LogP contribution in [0.15, 0.2) is 164 Å². The quantitative estimate of drug-likeness (QED) is 0.166. The number of nitrogens with zero attached hydrogens (tertiary/aromatic N) is 3. The third kappa shape index (κ3) is 7.74. The van der Waals surface area contributed by atoms with E-state index in [4.69, 9.17) is 15.5 Å². The smallest absolute Gasteiger partial charge is 0.149 e. The highest BCUT2D eigenvalue weighted by Crippen LogP contribution is 2.43. The van der Waals surface area contributed by atoms with E-state index in [1.165, 1.54) is 5.56 Å². The number of phenols is 1. The molecule has 306 valence electrons. The highest BCUT2D eigenvalue weighted by Gasteiger charge is 2.24. The van der Waals surface area contributed by atoms with Crippen molar-refractivity contribution in [1.29, 1.82) is 0 Å². The largest absolute Gasteiger partial charge is 0.507 e. The lowest BCUT2D eigenvalue weighted by atomic mass is 9.86. The van der Waals surface area contributed by atoms with Gasteiger partial charge in [-0.15, -0.1) is 0 Å². The molecule has 0 amide bonds. The van der Waals surface area contributed by atoms with Crippen molar-refractivity contribution in [2.24, 2.45) is 0 Å². The lowest BCUT2D eigenvalue weighted by Crippen LogP contribution is -2.10. The van der Waals surface area contributed by atoms with Crippen molar-refractivity contribution in [2.75, 3.05) is 0 Å². The summed E-state index contributed by atoms with van der Waals surface area (Å²) in [4.78, 5) is 10.4. The maximum Gasteiger partial charge on any atom is 0.149 e. The number of benzene rings is 7. The van der Waals surface area contributed by atoms with Crippen LogP contribution in [0, 0.1) is 20.7 Å². The minimum atomic E-state index is -2.34. The predicted molar refractivity (Wildman–Crippen MR) is 260 cm³/mol. The molecule has 0 radical (unpaired) electrons. The molecule has 4 nitrogen and oxygen atoms in total. The monoisotopic (exact) mass is 811 g/mol. The van der Waals surface area contributed by atoms with Gasteiger partial charge in [0.25, 0.3) is 0 Å². The van der Waals surface area contributed by atoms with Crippen molar-refractivity contribution in [1.82, 2.24) is 14.5 Å². The Morgan fingerprint density at radius 1 is 0.597 bits per heavy atom. The molecule has 7 aromatic carbocycles. The predicted octanol–water partition coefficient (Wildman–Crippen LogP) is 15.5. The van der Waals surface area contributed by atoms with Crippen molar-refractivity contribution in [2.45, 2.75) is 66.6 Å². The zero-order valence-electron chi connectivity index (χ0n) is 40.4. The molecule has 9 rings (SSSR count). The normalized spacial score (nSPS) is 13.1. The molecule has 2 heterocycles. The Kier molecular flexibility index (Phi) is 9.27. The van der Waals surface area contributed by atoms with Crippen LogP contribution in [0.25, 0.3) is 83.9 Å². The number of hydrogen-bond donors (Lipinski definition) is 1. The molecule has 1 N–H and O–H groups in total. The van der Waals surface area contributed by atoms with E-state index in [9.17, 15) is 5.11 Å².